The largest absolute Gasteiger partial charge is 0.456 e. The zero-order valence-electron chi connectivity index (χ0n) is 29.1. The number of hydrogen-bond acceptors (Lipinski definition) is 1. The Kier molecular flexibility index (Phi) is 2.22. The molecule has 0 N–H and O–H groups in total. The Labute approximate surface area is 218 Å². The third-order valence-corrected chi connectivity index (χ3v) is 6.61. The van der Waals surface area contributed by atoms with E-state index in [2.05, 4.69) is 0 Å². The molecule has 1 heterocycles. The maximum Gasteiger partial charge on any atom is 0.135 e. The van der Waals surface area contributed by atoms with Gasteiger partial charge in [-0.05, 0) is 78.6 Å². The molecule has 0 fully saturated rings. The van der Waals surface area contributed by atoms with Crippen molar-refractivity contribution in [2.75, 3.05) is 0 Å². The predicted molar refractivity (Wildman–Crippen MR) is 147 cm³/mol. The Morgan fingerprint density at radius 1 is 0.486 bits per heavy atom. The third kappa shape index (κ3) is 2.58. The fourth-order valence-electron chi connectivity index (χ4n) is 5.13. The van der Waals surface area contributed by atoms with Crippen LogP contribution in [-0.4, -0.2) is 0 Å². The Morgan fingerprint density at radius 2 is 1.29 bits per heavy atom. The molecule has 0 bridgehead atoms. The highest BCUT2D eigenvalue weighted by molar-refractivity contribution is 6.23. The van der Waals surface area contributed by atoms with Crippen LogP contribution in [0.3, 0.4) is 0 Å². The lowest BCUT2D eigenvalue weighted by atomic mass is 9.86. The third-order valence-electron chi connectivity index (χ3n) is 6.61. The fraction of sp³-hybridized carbons (Fsp3) is 0. The van der Waals surface area contributed by atoms with E-state index in [1.807, 2.05) is 42.5 Å². The van der Waals surface area contributed by atoms with E-state index >= 15 is 0 Å². The van der Waals surface area contributed by atoms with Crippen molar-refractivity contribution in [1.82, 2.24) is 0 Å². The average Bonchev–Trinajstić information content (AvgIpc) is 3.06. The molecule has 1 aliphatic rings. The van der Waals surface area contributed by atoms with E-state index in [1.54, 1.807) is 12.1 Å². The maximum absolute atomic E-state index is 9.32. The van der Waals surface area contributed by atoms with Gasteiger partial charge in [-0.25, -0.2) is 0 Å². The molecular formula is C34H20O. The predicted octanol–water partition coefficient (Wildman–Crippen LogP) is 9.74. The minimum atomic E-state index is -0.580. The highest BCUT2D eigenvalue weighted by atomic mass is 16.5. The molecule has 1 nitrogen and oxygen atoms in total. The molecule has 0 saturated carbocycles. The molecule has 1 heteroatoms. The molecule has 0 saturated heterocycles. The Hall–Kier alpha value is -4.62. The van der Waals surface area contributed by atoms with E-state index < -0.39 is 66.5 Å². The molecule has 0 amide bonds. The lowest BCUT2D eigenvalue weighted by Crippen LogP contribution is -1.98. The number of benzene rings is 7. The van der Waals surface area contributed by atoms with Gasteiger partial charge in [0.15, 0.2) is 0 Å². The molecule has 8 rings (SSSR count). The Bertz CT molecular complexity index is 2580. The van der Waals surface area contributed by atoms with Crippen LogP contribution < -0.4 is 4.74 Å². The van der Waals surface area contributed by atoms with Gasteiger partial charge in [0.2, 0.25) is 0 Å². The molecule has 0 atom stereocenters. The number of fused-ring (bicyclic) bond motifs is 6. The second kappa shape index (κ2) is 6.94. The summed E-state index contributed by atoms with van der Waals surface area (Å²) in [6.07, 6.45) is 0. The molecule has 0 aliphatic carbocycles. The Morgan fingerprint density at radius 3 is 2.23 bits per heavy atom. The van der Waals surface area contributed by atoms with Crippen LogP contribution in [0.2, 0.25) is 0 Å². The smallest absolute Gasteiger partial charge is 0.135 e. The molecule has 7 aromatic rings. The van der Waals surface area contributed by atoms with Crippen molar-refractivity contribution in [3.05, 3.63) is 121 Å². The first-order chi connectivity index (χ1) is 22.0. The normalized spacial score (nSPS) is 16.6. The molecule has 0 aromatic heterocycles. The summed E-state index contributed by atoms with van der Waals surface area (Å²) >= 11 is 0. The number of hydrogen-bond donors (Lipinski definition) is 0. The monoisotopic (exact) mass is 455 g/mol. The van der Waals surface area contributed by atoms with Crippen molar-refractivity contribution in [3.8, 4) is 33.8 Å². The standard InChI is InChI=1S/C34H20O/c1-3-10-23-21(8-1)16-17-29-30(23)20-22-9-2-4-11-24(22)33(29)28-18-19-32-34-26(13-7-14-27(28)34)25-12-5-6-15-31(25)35-32/h1-20H/i1D,2D,3D,4D,8D,9D,10D,11D,16D,17D,20D. The van der Waals surface area contributed by atoms with Crippen LogP contribution in [0.1, 0.15) is 15.1 Å². The zero-order chi connectivity index (χ0) is 32.5. The second-order valence-electron chi connectivity index (χ2n) is 8.44. The van der Waals surface area contributed by atoms with Gasteiger partial charge in [-0.15, -0.1) is 0 Å². The van der Waals surface area contributed by atoms with Gasteiger partial charge in [0.25, 0.3) is 0 Å². The van der Waals surface area contributed by atoms with Gasteiger partial charge in [-0.2, -0.15) is 0 Å². The summed E-state index contributed by atoms with van der Waals surface area (Å²) in [7, 11) is 0. The summed E-state index contributed by atoms with van der Waals surface area (Å²) in [5.74, 6) is 1.24. The minimum absolute atomic E-state index is 0.0112. The fourth-order valence-corrected chi connectivity index (χ4v) is 5.13. The van der Waals surface area contributed by atoms with Gasteiger partial charge in [-0.1, -0.05) is 96.8 Å². The molecule has 162 valence electrons. The summed E-state index contributed by atoms with van der Waals surface area (Å²) in [5, 5.41) is 0.721. The van der Waals surface area contributed by atoms with Crippen LogP contribution in [0.15, 0.2) is 121 Å². The van der Waals surface area contributed by atoms with Crippen molar-refractivity contribution in [3.63, 3.8) is 0 Å². The van der Waals surface area contributed by atoms with Crippen molar-refractivity contribution in [2.45, 2.75) is 0 Å². The van der Waals surface area contributed by atoms with E-state index in [9.17, 15) is 2.74 Å². The first-order valence-electron chi connectivity index (χ1n) is 16.6. The first kappa shape index (κ1) is 11.2. The Balaban J connectivity index is 1.70. The van der Waals surface area contributed by atoms with Gasteiger partial charge in [0.05, 0.1) is 15.1 Å². The molecule has 0 spiro atoms. The lowest BCUT2D eigenvalue weighted by molar-refractivity contribution is 0.487. The molecular weight excluding hydrogens is 424 g/mol. The van der Waals surface area contributed by atoms with Crippen LogP contribution in [0.5, 0.6) is 11.5 Å². The maximum atomic E-state index is 9.32. The molecule has 0 unspecified atom stereocenters. The van der Waals surface area contributed by atoms with Crippen molar-refractivity contribution in [1.29, 1.82) is 0 Å². The van der Waals surface area contributed by atoms with Crippen LogP contribution in [0.25, 0.3) is 65.3 Å². The van der Waals surface area contributed by atoms with Gasteiger partial charge in [-0.3, -0.25) is 0 Å². The molecule has 0 radical (unpaired) electrons. The van der Waals surface area contributed by atoms with Crippen molar-refractivity contribution < 1.29 is 19.8 Å². The van der Waals surface area contributed by atoms with Crippen LogP contribution >= 0.6 is 0 Å². The van der Waals surface area contributed by atoms with E-state index in [-0.39, 0.29) is 37.9 Å². The molecule has 7 aromatic carbocycles. The summed E-state index contributed by atoms with van der Waals surface area (Å²) in [6, 6.07) is 11.2. The minimum Gasteiger partial charge on any atom is -0.456 e. The van der Waals surface area contributed by atoms with E-state index in [0.29, 0.717) is 22.4 Å². The van der Waals surface area contributed by atoms with Crippen LogP contribution in [-0.2, 0) is 0 Å². The number of rotatable bonds is 1. The van der Waals surface area contributed by atoms with E-state index in [0.717, 1.165) is 16.5 Å². The van der Waals surface area contributed by atoms with Crippen molar-refractivity contribution >= 4 is 43.1 Å². The lowest BCUT2D eigenvalue weighted by Gasteiger charge is -2.23. The highest BCUT2D eigenvalue weighted by Crippen LogP contribution is 2.50. The van der Waals surface area contributed by atoms with Gasteiger partial charge in [0.1, 0.15) is 11.5 Å². The number of para-hydroxylation sites is 1. The number of ether oxygens (including phenoxy) is 1. The molecule has 1 aliphatic heterocycles. The summed E-state index contributed by atoms with van der Waals surface area (Å²) < 4.78 is 103. The molecule has 35 heavy (non-hydrogen) atoms. The summed E-state index contributed by atoms with van der Waals surface area (Å²) in [6.45, 7) is 0. The van der Waals surface area contributed by atoms with Gasteiger partial charge < -0.3 is 4.74 Å². The average molecular weight is 456 g/mol. The van der Waals surface area contributed by atoms with Crippen molar-refractivity contribution in [2.24, 2.45) is 0 Å². The summed E-state index contributed by atoms with van der Waals surface area (Å²) in [5.41, 5.74) is 2.35. The van der Waals surface area contributed by atoms with Crippen LogP contribution in [0, 0.1) is 0 Å². The highest BCUT2D eigenvalue weighted by Gasteiger charge is 2.22. The second-order valence-corrected chi connectivity index (χ2v) is 8.44. The van der Waals surface area contributed by atoms with E-state index in [4.69, 9.17) is 17.1 Å². The first-order valence-corrected chi connectivity index (χ1v) is 11.1. The quantitative estimate of drug-likeness (QED) is 0.177. The SMILES string of the molecule is [2H]c1c([2H])c([2H])c2c([2H])c3c(c([2H])c([2H])c4c([2H])c([2H])c([2H])c([2H])c43)c(-c3ccc4c5c(cccc35)-c3ccccc3O4)c2c1[2H]. The van der Waals surface area contributed by atoms with E-state index in [1.165, 1.54) is 0 Å². The van der Waals surface area contributed by atoms with Gasteiger partial charge >= 0.3 is 0 Å². The van der Waals surface area contributed by atoms with Gasteiger partial charge in [0, 0.05) is 10.9 Å². The zero-order valence-corrected chi connectivity index (χ0v) is 18.1. The van der Waals surface area contributed by atoms with Crippen LogP contribution in [0.4, 0.5) is 0 Å². The topological polar surface area (TPSA) is 9.23 Å². The summed E-state index contributed by atoms with van der Waals surface area (Å²) in [4.78, 5) is 0.